The molecule has 5 heteroatoms. The Morgan fingerprint density at radius 3 is 2.50 bits per heavy atom. The summed E-state index contributed by atoms with van der Waals surface area (Å²) in [4.78, 5) is 12.2. The van der Waals surface area contributed by atoms with E-state index in [2.05, 4.69) is 5.32 Å². The Labute approximate surface area is 112 Å². The molecule has 0 radical (unpaired) electrons. The molecule has 1 N–H and O–H groups in total. The van der Waals surface area contributed by atoms with Crippen LogP contribution in [0.3, 0.4) is 0 Å². The van der Waals surface area contributed by atoms with Crippen LogP contribution in [0.1, 0.15) is 24.2 Å². The lowest BCUT2D eigenvalue weighted by molar-refractivity contribution is 0.0917. The molecule has 0 bridgehead atoms. The van der Waals surface area contributed by atoms with E-state index < -0.39 is 5.54 Å². The van der Waals surface area contributed by atoms with Gasteiger partial charge in [0.15, 0.2) is 0 Å². The first-order chi connectivity index (χ1) is 8.43. The third-order valence-electron chi connectivity index (χ3n) is 2.44. The lowest BCUT2D eigenvalue weighted by atomic mass is 10.1. The van der Waals surface area contributed by atoms with Gasteiger partial charge in [0.25, 0.3) is 5.91 Å². The maximum atomic E-state index is 12.2. The van der Waals surface area contributed by atoms with Crippen LogP contribution in [0.2, 0.25) is 0 Å². The number of ether oxygens (including phenoxy) is 2. The van der Waals surface area contributed by atoms with Crippen LogP contribution >= 0.6 is 11.6 Å². The number of alkyl halides is 1. The molecule has 0 aliphatic heterocycles. The summed E-state index contributed by atoms with van der Waals surface area (Å²) in [5.74, 6) is 1.19. The van der Waals surface area contributed by atoms with Gasteiger partial charge in [0.1, 0.15) is 11.5 Å². The summed E-state index contributed by atoms with van der Waals surface area (Å²) in [6.07, 6.45) is 0. The van der Waals surface area contributed by atoms with Gasteiger partial charge in [-0.15, -0.1) is 11.6 Å². The normalized spacial score (nSPS) is 10.9. The first-order valence-corrected chi connectivity index (χ1v) is 6.07. The summed E-state index contributed by atoms with van der Waals surface area (Å²) >= 11 is 5.79. The van der Waals surface area contributed by atoms with Crippen LogP contribution in [0.5, 0.6) is 11.5 Å². The summed E-state index contributed by atoms with van der Waals surface area (Å²) in [5, 5.41) is 2.84. The highest BCUT2D eigenvalue weighted by Crippen LogP contribution is 2.24. The van der Waals surface area contributed by atoms with Crippen molar-refractivity contribution in [1.29, 1.82) is 0 Å². The van der Waals surface area contributed by atoms with E-state index in [1.807, 2.05) is 13.8 Å². The summed E-state index contributed by atoms with van der Waals surface area (Å²) in [5.41, 5.74) is -0.0535. The molecule has 0 aliphatic rings. The van der Waals surface area contributed by atoms with Crippen LogP contribution in [0, 0.1) is 0 Å². The molecule has 4 nitrogen and oxygen atoms in total. The van der Waals surface area contributed by atoms with Crippen molar-refractivity contribution in [2.45, 2.75) is 19.4 Å². The minimum absolute atomic E-state index is 0.239. The number of halogens is 1. The summed E-state index contributed by atoms with van der Waals surface area (Å²) in [7, 11) is 3.07. The van der Waals surface area contributed by atoms with E-state index in [0.717, 1.165) is 0 Å². The number of rotatable bonds is 5. The van der Waals surface area contributed by atoms with Gasteiger partial charge in [-0.1, -0.05) is 0 Å². The highest BCUT2D eigenvalue weighted by atomic mass is 35.5. The number of carbonyl (C=O) groups excluding carboxylic acids is 1. The van der Waals surface area contributed by atoms with Crippen molar-refractivity contribution in [1.82, 2.24) is 5.32 Å². The molecule has 1 aromatic carbocycles. The second-order valence-electron chi connectivity index (χ2n) is 4.54. The van der Waals surface area contributed by atoms with Crippen LogP contribution in [0.15, 0.2) is 18.2 Å². The first kappa shape index (κ1) is 14.6. The van der Waals surface area contributed by atoms with Crippen molar-refractivity contribution in [3.05, 3.63) is 23.8 Å². The Kier molecular flexibility index (Phi) is 4.84. The highest BCUT2D eigenvalue weighted by Gasteiger charge is 2.22. The molecule has 0 unspecified atom stereocenters. The van der Waals surface area contributed by atoms with Crippen LogP contribution in [-0.4, -0.2) is 31.5 Å². The monoisotopic (exact) mass is 271 g/mol. The number of hydrogen-bond donors (Lipinski definition) is 1. The van der Waals surface area contributed by atoms with Crippen molar-refractivity contribution in [2.24, 2.45) is 0 Å². The molecule has 0 spiro atoms. The Balaban J connectivity index is 3.03. The summed E-state index contributed by atoms with van der Waals surface area (Å²) < 4.78 is 10.3. The lowest BCUT2D eigenvalue weighted by Gasteiger charge is -2.23. The number of carbonyl (C=O) groups is 1. The minimum Gasteiger partial charge on any atom is -0.497 e. The van der Waals surface area contributed by atoms with Crippen molar-refractivity contribution in [3.8, 4) is 11.5 Å². The van der Waals surface area contributed by atoms with Gasteiger partial charge in [-0.25, -0.2) is 0 Å². The van der Waals surface area contributed by atoms with E-state index in [1.165, 1.54) is 7.11 Å². The molecule has 0 fully saturated rings. The fourth-order valence-electron chi connectivity index (χ4n) is 1.40. The van der Waals surface area contributed by atoms with Gasteiger partial charge in [0.2, 0.25) is 0 Å². The predicted molar refractivity (Wildman–Crippen MR) is 71.8 cm³/mol. The molecule has 1 rings (SSSR count). The van der Waals surface area contributed by atoms with Gasteiger partial charge in [-0.2, -0.15) is 0 Å². The summed E-state index contributed by atoms with van der Waals surface area (Å²) in [6, 6.07) is 5.07. The van der Waals surface area contributed by atoms with Gasteiger partial charge in [0.05, 0.1) is 19.8 Å². The standard InChI is InChI=1S/C13H18ClNO3/c1-13(2,8-14)15-12(16)10-7-9(17-3)5-6-11(10)18-4/h5-7H,8H2,1-4H3,(H,15,16). The zero-order valence-corrected chi connectivity index (χ0v) is 11.8. The van der Waals surface area contributed by atoms with Crippen molar-refractivity contribution in [2.75, 3.05) is 20.1 Å². The average molecular weight is 272 g/mol. The highest BCUT2D eigenvalue weighted by molar-refractivity contribution is 6.18. The molecule has 0 atom stereocenters. The molecule has 0 aromatic heterocycles. The molecule has 100 valence electrons. The maximum absolute atomic E-state index is 12.2. The van der Waals surface area contributed by atoms with Gasteiger partial charge in [-0.3, -0.25) is 4.79 Å². The van der Waals surface area contributed by atoms with Gasteiger partial charge in [0, 0.05) is 11.4 Å². The fraction of sp³-hybridized carbons (Fsp3) is 0.462. The largest absolute Gasteiger partial charge is 0.497 e. The third kappa shape index (κ3) is 3.53. The predicted octanol–water partition coefficient (Wildman–Crippen LogP) is 2.45. The molecular formula is C13H18ClNO3. The topological polar surface area (TPSA) is 47.6 Å². The van der Waals surface area contributed by atoms with E-state index in [4.69, 9.17) is 21.1 Å². The minimum atomic E-state index is -0.479. The molecule has 1 amide bonds. The number of hydrogen-bond acceptors (Lipinski definition) is 3. The zero-order valence-electron chi connectivity index (χ0n) is 11.0. The zero-order chi connectivity index (χ0) is 13.8. The Morgan fingerprint density at radius 1 is 1.33 bits per heavy atom. The number of benzene rings is 1. The lowest BCUT2D eigenvalue weighted by Crippen LogP contribution is -2.45. The molecule has 0 saturated heterocycles. The van der Waals surface area contributed by atoms with Crippen LogP contribution < -0.4 is 14.8 Å². The van der Waals surface area contributed by atoms with Crippen molar-refractivity contribution >= 4 is 17.5 Å². The SMILES string of the molecule is COc1ccc(OC)c(C(=O)NC(C)(C)CCl)c1. The van der Waals surface area contributed by atoms with Crippen LogP contribution in [-0.2, 0) is 0 Å². The van der Waals surface area contributed by atoms with Crippen LogP contribution in [0.4, 0.5) is 0 Å². The van der Waals surface area contributed by atoms with E-state index in [-0.39, 0.29) is 5.91 Å². The Bertz CT molecular complexity index is 432. The fourth-order valence-corrected chi connectivity index (χ4v) is 1.47. The second kappa shape index (κ2) is 5.96. The molecule has 0 heterocycles. The summed E-state index contributed by atoms with van der Waals surface area (Å²) in [6.45, 7) is 3.70. The van der Waals surface area contributed by atoms with E-state index in [1.54, 1.807) is 25.3 Å². The Hall–Kier alpha value is -1.42. The van der Waals surface area contributed by atoms with E-state index in [0.29, 0.717) is 22.9 Å². The van der Waals surface area contributed by atoms with E-state index in [9.17, 15) is 4.79 Å². The molecule has 0 saturated carbocycles. The number of amides is 1. The van der Waals surface area contributed by atoms with Gasteiger partial charge in [-0.05, 0) is 32.0 Å². The second-order valence-corrected chi connectivity index (χ2v) is 4.81. The van der Waals surface area contributed by atoms with Gasteiger partial charge >= 0.3 is 0 Å². The average Bonchev–Trinajstić information content (AvgIpc) is 2.37. The van der Waals surface area contributed by atoms with E-state index >= 15 is 0 Å². The number of nitrogens with one attached hydrogen (secondary N) is 1. The molecular weight excluding hydrogens is 254 g/mol. The third-order valence-corrected chi connectivity index (χ3v) is 3.11. The first-order valence-electron chi connectivity index (χ1n) is 5.54. The van der Waals surface area contributed by atoms with Crippen LogP contribution in [0.25, 0.3) is 0 Å². The molecule has 18 heavy (non-hydrogen) atoms. The quantitative estimate of drug-likeness (QED) is 0.837. The Morgan fingerprint density at radius 2 is 2.00 bits per heavy atom. The number of methoxy groups -OCH3 is 2. The van der Waals surface area contributed by atoms with Crippen molar-refractivity contribution in [3.63, 3.8) is 0 Å². The van der Waals surface area contributed by atoms with Gasteiger partial charge < -0.3 is 14.8 Å². The smallest absolute Gasteiger partial charge is 0.255 e. The molecule has 1 aromatic rings. The molecule has 0 aliphatic carbocycles. The maximum Gasteiger partial charge on any atom is 0.255 e. The van der Waals surface area contributed by atoms with Crippen molar-refractivity contribution < 1.29 is 14.3 Å².